The summed E-state index contributed by atoms with van der Waals surface area (Å²) in [7, 11) is -2.22. The third kappa shape index (κ3) is 8.89. The first-order valence-electron chi connectivity index (χ1n) is 12.1. The fourth-order valence-corrected chi connectivity index (χ4v) is 4.95. The Morgan fingerprint density at radius 2 is 1.86 bits per heavy atom. The van der Waals surface area contributed by atoms with Gasteiger partial charge in [-0.2, -0.15) is 0 Å². The average molecular weight is 556 g/mol. The van der Waals surface area contributed by atoms with E-state index in [1.54, 1.807) is 37.3 Å². The van der Waals surface area contributed by atoms with Gasteiger partial charge in [-0.1, -0.05) is 43.1 Å². The van der Waals surface area contributed by atoms with Crippen LogP contribution in [0.25, 0.3) is 0 Å². The second kappa shape index (κ2) is 14.2. The number of nitrogens with zero attached hydrogens (tertiary/aromatic N) is 2. The molecule has 0 saturated heterocycles. The van der Waals surface area contributed by atoms with E-state index >= 15 is 0 Å². The fourth-order valence-electron chi connectivity index (χ4n) is 3.74. The molecular formula is C26H35ClFN3O5S. The molecule has 0 fully saturated rings. The van der Waals surface area contributed by atoms with E-state index in [0.29, 0.717) is 18.0 Å². The number of halogens is 2. The van der Waals surface area contributed by atoms with Gasteiger partial charge in [0, 0.05) is 31.6 Å². The molecule has 2 aromatic carbocycles. The third-order valence-electron chi connectivity index (χ3n) is 5.87. The maximum absolute atomic E-state index is 14.4. The van der Waals surface area contributed by atoms with E-state index in [4.69, 9.17) is 16.3 Å². The van der Waals surface area contributed by atoms with Gasteiger partial charge in [-0.15, -0.1) is 0 Å². The number of hydrogen-bond donors (Lipinski definition) is 1. The van der Waals surface area contributed by atoms with E-state index in [2.05, 4.69) is 5.32 Å². The lowest BCUT2D eigenvalue weighted by Crippen LogP contribution is -2.48. The number of ether oxygens (including phenoxy) is 1. The summed E-state index contributed by atoms with van der Waals surface area (Å²) in [5.74, 6) is -0.783. The zero-order valence-corrected chi connectivity index (χ0v) is 23.2. The molecule has 1 atom stereocenters. The standard InChI is InChI=1S/C26H35ClFN3O5S/c1-5-6-15-29-26(33)19(2)30(18-20-10-7-8-11-23(20)28)25(32)12-9-16-31(37(4,34)35)21-13-14-24(36-3)22(27)17-21/h7-8,10-11,13-14,17,19H,5-6,9,12,15-16,18H2,1-4H3,(H,29,33). The number of carbonyl (C=O) groups is 2. The quantitative estimate of drug-likeness (QED) is 0.349. The van der Waals surface area contributed by atoms with Gasteiger partial charge >= 0.3 is 0 Å². The van der Waals surface area contributed by atoms with Gasteiger partial charge in [-0.25, -0.2) is 12.8 Å². The van der Waals surface area contributed by atoms with Crippen LogP contribution in [0.3, 0.4) is 0 Å². The molecule has 37 heavy (non-hydrogen) atoms. The number of sulfonamides is 1. The van der Waals surface area contributed by atoms with Crippen molar-refractivity contribution in [1.29, 1.82) is 0 Å². The van der Waals surface area contributed by atoms with E-state index in [1.807, 2.05) is 6.92 Å². The Morgan fingerprint density at radius 1 is 1.16 bits per heavy atom. The number of amides is 2. The van der Waals surface area contributed by atoms with Crippen LogP contribution in [0.5, 0.6) is 5.75 Å². The normalized spacial score (nSPS) is 12.1. The van der Waals surface area contributed by atoms with E-state index in [-0.39, 0.29) is 48.3 Å². The predicted octanol–water partition coefficient (Wildman–Crippen LogP) is 4.37. The van der Waals surface area contributed by atoms with Gasteiger partial charge in [-0.05, 0) is 44.0 Å². The number of carbonyl (C=O) groups excluding carboxylic acids is 2. The Bertz CT molecular complexity index is 1180. The Morgan fingerprint density at radius 3 is 2.46 bits per heavy atom. The number of methoxy groups -OCH3 is 1. The highest BCUT2D eigenvalue weighted by Crippen LogP contribution is 2.30. The van der Waals surface area contributed by atoms with Crippen molar-refractivity contribution in [1.82, 2.24) is 10.2 Å². The van der Waals surface area contributed by atoms with Crippen LogP contribution in [-0.2, 0) is 26.2 Å². The largest absolute Gasteiger partial charge is 0.495 e. The van der Waals surface area contributed by atoms with Crippen LogP contribution in [0.1, 0.15) is 45.1 Å². The highest BCUT2D eigenvalue weighted by Gasteiger charge is 2.27. The van der Waals surface area contributed by atoms with Crippen LogP contribution in [0, 0.1) is 5.82 Å². The first-order chi connectivity index (χ1) is 17.5. The van der Waals surface area contributed by atoms with Crippen LogP contribution in [0.2, 0.25) is 5.02 Å². The molecule has 2 rings (SSSR count). The summed E-state index contributed by atoms with van der Waals surface area (Å²) in [5.41, 5.74) is 0.627. The third-order valence-corrected chi connectivity index (χ3v) is 7.36. The van der Waals surface area contributed by atoms with E-state index < -0.39 is 21.9 Å². The van der Waals surface area contributed by atoms with Crippen molar-refractivity contribution < 1.29 is 27.1 Å². The number of rotatable bonds is 14. The summed E-state index contributed by atoms with van der Waals surface area (Å²) in [5, 5.41) is 3.07. The lowest BCUT2D eigenvalue weighted by Gasteiger charge is -2.29. The zero-order valence-electron chi connectivity index (χ0n) is 21.7. The minimum atomic E-state index is -3.67. The molecule has 0 aliphatic rings. The van der Waals surface area contributed by atoms with Gasteiger partial charge in [0.1, 0.15) is 17.6 Å². The topological polar surface area (TPSA) is 96.0 Å². The van der Waals surface area contributed by atoms with Crippen molar-refractivity contribution in [3.05, 3.63) is 58.9 Å². The van der Waals surface area contributed by atoms with Gasteiger partial charge in [0.25, 0.3) is 0 Å². The van der Waals surface area contributed by atoms with E-state index in [0.717, 1.165) is 23.4 Å². The van der Waals surface area contributed by atoms with Crippen LogP contribution >= 0.6 is 11.6 Å². The smallest absolute Gasteiger partial charge is 0.242 e. The van der Waals surface area contributed by atoms with Crippen molar-refractivity contribution >= 4 is 39.1 Å². The molecule has 0 heterocycles. The van der Waals surface area contributed by atoms with E-state index in [9.17, 15) is 22.4 Å². The maximum Gasteiger partial charge on any atom is 0.242 e. The second-order valence-electron chi connectivity index (χ2n) is 8.69. The summed E-state index contributed by atoms with van der Waals surface area (Å²) in [6.45, 7) is 4.01. The molecule has 0 aromatic heterocycles. The molecule has 1 unspecified atom stereocenters. The van der Waals surface area contributed by atoms with Crippen LogP contribution < -0.4 is 14.4 Å². The van der Waals surface area contributed by atoms with E-state index in [1.165, 1.54) is 24.1 Å². The Kier molecular flexibility index (Phi) is 11.6. The summed E-state index contributed by atoms with van der Waals surface area (Å²) >= 11 is 6.17. The summed E-state index contributed by atoms with van der Waals surface area (Å²) in [6.07, 6.45) is 2.91. The van der Waals surface area contributed by atoms with Crippen LogP contribution in [0.4, 0.5) is 10.1 Å². The van der Waals surface area contributed by atoms with Crippen molar-refractivity contribution in [3.63, 3.8) is 0 Å². The van der Waals surface area contributed by atoms with Crippen molar-refractivity contribution in [3.8, 4) is 5.75 Å². The number of nitrogens with one attached hydrogen (secondary N) is 1. The van der Waals surface area contributed by atoms with Crippen molar-refractivity contribution in [2.24, 2.45) is 0 Å². The Hall–Kier alpha value is -2.85. The molecule has 2 aromatic rings. The zero-order chi connectivity index (χ0) is 27.6. The van der Waals surface area contributed by atoms with Gasteiger partial charge < -0.3 is 15.0 Å². The van der Waals surface area contributed by atoms with Crippen LogP contribution in [0.15, 0.2) is 42.5 Å². The SMILES string of the molecule is CCCCNC(=O)C(C)N(Cc1ccccc1F)C(=O)CCCN(c1ccc(OC)c(Cl)c1)S(C)(=O)=O. The van der Waals surface area contributed by atoms with Gasteiger partial charge in [0.05, 0.1) is 24.1 Å². The molecule has 2 amide bonds. The van der Waals surface area contributed by atoms with Gasteiger partial charge in [0.15, 0.2) is 0 Å². The van der Waals surface area contributed by atoms with Gasteiger partial charge in [-0.3, -0.25) is 13.9 Å². The number of hydrogen-bond acceptors (Lipinski definition) is 5. The first-order valence-corrected chi connectivity index (χ1v) is 14.3. The molecule has 0 aliphatic carbocycles. The van der Waals surface area contributed by atoms with Gasteiger partial charge in [0.2, 0.25) is 21.8 Å². The molecular weight excluding hydrogens is 521 g/mol. The van der Waals surface area contributed by atoms with Crippen LogP contribution in [-0.4, -0.2) is 57.6 Å². The molecule has 0 radical (unpaired) electrons. The molecule has 0 saturated carbocycles. The fraction of sp³-hybridized carbons (Fsp3) is 0.462. The molecule has 204 valence electrons. The first kappa shape index (κ1) is 30.4. The molecule has 1 N–H and O–H groups in total. The molecule has 8 nitrogen and oxygen atoms in total. The molecule has 0 aliphatic heterocycles. The summed E-state index contributed by atoms with van der Waals surface area (Å²) < 4.78 is 45.6. The Balaban J connectivity index is 2.18. The predicted molar refractivity (Wildman–Crippen MR) is 144 cm³/mol. The Labute approximate surface area is 223 Å². The number of unbranched alkanes of at least 4 members (excludes halogenated alkanes) is 1. The highest BCUT2D eigenvalue weighted by molar-refractivity contribution is 7.92. The lowest BCUT2D eigenvalue weighted by molar-refractivity contribution is -0.140. The highest BCUT2D eigenvalue weighted by atomic mass is 35.5. The second-order valence-corrected chi connectivity index (χ2v) is 11.0. The molecule has 11 heteroatoms. The van der Waals surface area contributed by atoms with Crippen molar-refractivity contribution in [2.75, 3.05) is 30.8 Å². The lowest BCUT2D eigenvalue weighted by atomic mass is 10.1. The van der Waals surface area contributed by atoms with Crippen molar-refractivity contribution in [2.45, 2.75) is 52.1 Å². The molecule has 0 bridgehead atoms. The number of benzene rings is 2. The minimum absolute atomic E-state index is 0.0118. The number of anilines is 1. The average Bonchev–Trinajstić information content (AvgIpc) is 2.85. The molecule has 0 spiro atoms. The summed E-state index contributed by atoms with van der Waals surface area (Å²) in [6, 6.07) is 9.86. The monoisotopic (exact) mass is 555 g/mol. The minimum Gasteiger partial charge on any atom is -0.495 e. The summed E-state index contributed by atoms with van der Waals surface area (Å²) in [4.78, 5) is 27.3. The maximum atomic E-state index is 14.4.